The molecule has 2 saturated heterocycles. The predicted molar refractivity (Wildman–Crippen MR) is 115 cm³/mol. The third kappa shape index (κ3) is 4.84. The maximum Gasteiger partial charge on any atom is 0.325 e. The van der Waals surface area contributed by atoms with Gasteiger partial charge in [0.1, 0.15) is 17.8 Å². The molecule has 1 atom stereocenters. The van der Waals surface area contributed by atoms with Crippen LogP contribution in [0.1, 0.15) is 38.2 Å². The van der Waals surface area contributed by atoms with Gasteiger partial charge in [-0.1, -0.05) is 12.1 Å². The van der Waals surface area contributed by atoms with Crippen LogP contribution in [-0.4, -0.2) is 66.5 Å². The molecule has 0 radical (unpaired) electrons. The van der Waals surface area contributed by atoms with Crippen LogP contribution in [0.5, 0.6) is 5.75 Å². The van der Waals surface area contributed by atoms with Crippen molar-refractivity contribution < 1.29 is 19.1 Å². The Balaban J connectivity index is 1.18. The second-order valence-electron chi connectivity index (χ2n) is 9.17. The number of carbonyl (C=O) groups excluding carboxylic acids is 3. The van der Waals surface area contributed by atoms with E-state index in [0.717, 1.165) is 56.0 Å². The molecule has 168 valence electrons. The maximum absolute atomic E-state index is 12.6. The fraction of sp³-hybridized carbons (Fsp3) is 0.609. The molecule has 2 N–H and O–H groups in total. The number of hydrogen-bond donors (Lipinski definition) is 2. The SMILES string of the molecule is COc1ccc(CN2CCC(CNC(=O)CN3C(=O)NC(C)(C4CC4)C3=O)CC2)cc1. The number of methoxy groups -OCH3 is 1. The van der Waals surface area contributed by atoms with Gasteiger partial charge in [-0.25, -0.2) is 4.79 Å². The number of nitrogens with zero attached hydrogens (tertiary/aromatic N) is 2. The average molecular weight is 429 g/mol. The number of amides is 4. The molecule has 8 nitrogen and oxygen atoms in total. The first-order valence-electron chi connectivity index (χ1n) is 11.1. The third-order valence-electron chi connectivity index (χ3n) is 6.86. The van der Waals surface area contributed by atoms with Gasteiger partial charge in [0.15, 0.2) is 0 Å². The summed E-state index contributed by atoms with van der Waals surface area (Å²) in [6, 6.07) is 7.69. The largest absolute Gasteiger partial charge is 0.497 e. The van der Waals surface area contributed by atoms with Crippen molar-refractivity contribution >= 4 is 17.8 Å². The van der Waals surface area contributed by atoms with Crippen LogP contribution in [0.15, 0.2) is 24.3 Å². The van der Waals surface area contributed by atoms with Gasteiger partial charge in [-0.2, -0.15) is 0 Å². The molecular formula is C23H32N4O4. The van der Waals surface area contributed by atoms with E-state index in [0.29, 0.717) is 12.5 Å². The molecule has 1 aromatic rings. The van der Waals surface area contributed by atoms with E-state index in [1.54, 1.807) is 14.0 Å². The van der Waals surface area contributed by atoms with Crippen molar-refractivity contribution in [3.63, 3.8) is 0 Å². The number of rotatable bonds is 8. The van der Waals surface area contributed by atoms with Crippen LogP contribution in [0.4, 0.5) is 4.79 Å². The van der Waals surface area contributed by atoms with Gasteiger partial charge >= 0.3 is 6.03 Å². The predicted octanol–water partition coefficient (Wildman–Crippen LogP) is 1.74. The quantitative estimate of drug-likeness (QED) is 0.616. The summed E-state index contributed by atoms with van der Waals surface area (Å²) in [5.74, 6) is 0.922. The number of benzene rings is 1. The van der Waals surface area contributed by atoms with Crippen molar-refractivity contribution in [2.45, 2.75) is 44.7 Å². The Labute approximate surface area is 183 Å². The zero-order valence-corrected chi connectivity index (χ0v) is 18.4. The molecule has 4 amide bonds. The molecular weight excluding hydrogens is 396 g/mol. The minimum Gasteiger partial charge on any atom is -0.497 e. The van der Waals surface area contributed by atoms with E-state index in [1.807, 2.05) is 12.1 Å². The zero-order chi connectivity index (χ0) is 22.0. The smallest absolute Gasteiger partial charge is 0.325 e. The number of urea groups is 1. The summed E-state index contributed by atoms with van der Waals surface area (Å²) < 4.78 is 5.20. The summed E-state index contributed by atoms with van der Waals surface area (Å²) in [5, 5.41) is 5.70. The molecule has 31 heavy (non-hydrogen) atoms. The van der Waals surface area contributed by atoms with Crippen LogP contribution >= 0.6 is 0 Å². The van der Waals surface area contributed by atoms with Gasteiger partial charge < -0.3 is 15.4 Å². The van der Waals surface area contributed by atoms with Crippen LogP contribution < -0.4 is 15.4 Å². The lowest BCUT2D eigenvalue weighted by Gasteiger charge is -2.32. The molecule has 4 rings (SSSR count). The molecule has 0 spiro atoms. The summed E-state index contributed by atoms with van der Waals surface area (Å²) in [6.45, 7) is 5.03. The van der Waals surface area contributed by atoms with Crippen LogP contribution in [0.2, 0.25) is 0 Å². The molecule has 3 fully saturated rings. The number of ether oxygens (including phenoxy) is 1. The lowest BCUT2D eigenvalue weighted by molar-refractivity contribution is -0.135. The molecule has 8 heteroatoms. The average Bonchev–Trinajstić information content (AvgIpc) is 3.60. The zero-order valence-electron chi connectivity index (χ0n) is 18.4. The Morgan fingerprint density at radius 1 is 1.16 bits per heavy atom. The van der Waals surface area contributed by atoms with Gasteiger partial charge in [0.25, 0.3) is 5.91 Å². The van der Waals surface area contributed by atoms with Gasteiger partial charge in [-0.15, -0.1) is 0 Å². The maximum atomic E-state index is 12.6. The third-order valence-corrected chi connectivity index (χ3v) is 6.86. The van der Waals surface area contributed by atoms with E-state index < -0.39 is 11.6 Å². The minimum atomic E-state index is -0.839. The van der Waals surface area contributed by atoms with Crippen LogP contribution in [0.3, 0.4) is 0 Å². The van der Waals surface area contributed by atoms with Gasteiger partial charge in [0.05, 0.1) is 7.11 Å². The Morgan fingerprint density at radius 3 is 2.45 bits per heavy atom. The highest BCUT2D eigenvalue weighted by Crippen LogP contribution is 2.42. The highest BCUT2D eigenvalue weighted by molar-refractivity contribution is 6.09. The molecule has 1 unspecified atom stereocenters. The van der Waals surface area contributed by atoms with E-state index in [1.165, 1.54) is 5.56 Å². The second kappa shape index (κ2) is 8.86. The van der Waals surface area contributed by atoms with Crippen LogP contribution in [0, 0.1) is 11.8 Å². The minimum absolute atomic E-state index is 0.195. The summed E-state index contributed by atoms with van der Waals surface area (Å²) >= 11 is 0. The number of hydrogen-bond acceptors (Lipinski definition) is 5. The molecule has 1 aliphatic carbocycles. The van der Waals surface area contributed by atoms with Gasteiger partial charge in [0, 0.05) is 13.1 Å². The number of imide groups is 1. The van der Waals surface area contributed by atoms with E-state index in [2.05, 4.69) is 27.7 Å². The lowest BCUT2D eigenvalue weighted by Crippen LogP contribution is -2.47. The first-order valence-corrected chi connectivity index (χ1v) is 11.1. The Hall–Kier alpha value is -2.61. The first kappa shape index (κ1) is 21.6. The molecule has 0 aromatic heterocycles. The highest BCUT2D eigenvalue weighted by atomic mass is 16.5. The first-order chi connectivity index (χ1) is 14.9. The topological polar surface area (TPSA) is 91.0 Å². The molecule has 0 bridgehead atoms. The fourth-order valence-electron chi connectivity index (χ4n) is 4.59. The van der Waals surface area contributed by atoms with Gasteiger partial charge in [0.2, 0.25) is 5.91 Å². The number of likely N-dealkylation sites (tertiary alicyclic amines) is 1. The van der Waals surface area contributed by atoms with Crippen molar-refractivity contribution in [1.82, 2.24) is 20.4 Å². The Morgan fingerprint density at radius 2 is 1.84 bits per heavy atom. The van der Waals surface area contributed by atoms with E-state index >= 15 is 0 Å². The number of nitrogens with one attached hydrogen (secondary N) is 2. The van der Waals surface area contributed by atoms with Crippen molar-refractivity contribution in [3.8, 4) is 5.75 Å². The van der Waals surface area contributed by atoms with E-state index in [-0.39, 0.29) is 24.3 Å². The van der Waals surface area contributed by atoms with Gasteiger partial charge in [-0.3, -0.25) is 19.4 Å². The lowest BCUT2D eigenvalue weighted by atomic mass is 9.96. The standard InChI is InChI=1S/C23H32N4O4/c1-23(18-5-6-18)21(29)27(22(30)25-23)15-20(28)24-13-16-9-11-26(12-10-16)14-17-3-7-19(31-2)8-4-17/h3-4,7-8,16,18H,5-6,9-15H2,1-2H3,(H,24,28)(H,25,30). The summed E-state index contributed by atoms with van der Waals surface area (Å²) in [7, 11) is 1.67. The summed E-state index contributed by atoms with van der Waals surface area (Å²) in [5.41, 5.74) is 0.424. The van der Waals surface area contributed by atoms with E-state index in [4.69, 9.17) is 4.74 Å². The number of piperidine rings is 1. The number of carbonyl (C=O) groups is 3. The van der Waals surface area contributed by atoms with E-state index in [9.17, 15) is 14.4 Å². The van der Waals surface area contributed by atoms with Crippen LogP contribution in [0.25, 0.3) is 0 Å². The molecule has 1 saturated carbocycles. The fourth-order valence-corrected chi connectivity index (χ4v) is 4.59. The van der Waals surface area contributed by atoms with Crippen molar-refractivity contribution in [2.75, 3.05) is 33.3 Å². The molecule has 3 aliphatic rings. The summed E-state index contributed by atoms with van der Waals surface area (Å²) in [6.07, 6.45) is 3.91. The molecule has 1 aromatic carbocycles. The van der Waals surface area contributed by atoms with Crippen molar-refractivity contribution in [1.29, 1.82) is 0 Å². The van der Waals surface area contributed by atoms with Crippen molar-refractivity contribution in [3.05, 3.63) is 29.8 Å². The second-order valence-corrected chi connectivity index (χ2v) is 9.17. The highest BCUT2D eigenvalue weighted by Gasteiger charge is 2.56. The molecule has 2 heterocycles. The molecule has 2 aliphatic heterocycles. The van der Waals surface area contributed by atoms with Crippen molar-refractivity contribution in [2.24, 2.45) is 11.8 Å². The summed E-state index contributed by atoms with van der Waals surface area (Å²) in [4.78, 5) is 40.7. The Kier molecular flexibility index (Phi) is 6.18. The monoisotopic (exact) mass is 428 g/mol. The van der Waals surface area contributed by atoms with Gasteiger partial charge in [-0.05, 0) is 75.2 Å². The van der Waals surface area contributed by atoms with Crippen LogP contribution in [-0.2, 0) is 16.1 Å². The normalized spacial score (nSPS) is 24.9. The Bertz CT molecular complexity index is 830.